The molecule has 0 aliphatic rings. The van der Waals surface area contributed by atoms with Crippen LogP contribution in [0.5, 0.6) is 5.75 Å². The minimum Gasteiger partial charge on any atom is -0.494 e. The van der Waals surface area contributed by atoms with Gasteiger partial charge in [0.1, 0.15) is 11.6 Å². The fourth-order valence-corrected chi connectivity index (χ4v) is 2.00. The first-order valence-corrected chi connectivity index (χ1v) is 6.80. The minimum atomic E-state index is 0.685. The van der Waals surface area contributed by atoms with Crippen LogP contribution in [0.1, 0.15) is 26.1 Å². The molecule has 0 atom stereocenters. The van der Waals surface area contributed by atoms with Crippen molar-refractivity contribution >= 4 is 5.69 Å². The molecule has 2 rings (SSSR count). The molecule has 0 fully saturated rings. The van der Waals surface area contributed by atoms with Crippen molar-refractivity contribution in [3.8, 4) is 5.75 Å². The third-order valence-electron chi connectivity index (χ3n) is 2.86. The van der Waals surface area contributed by atoms with Crippen molar-refractivity contribution in [1.29, 1.82) is 0 Å². The number of aryl methyl sites for hydroxylation is 1. The van der Waals surface area contributed by atoms with Gasteiger partial charge < -0.3 is 14.6 Å². The van der Waals surface area contributed by atoms with Crippen molar-refractivity contribution in [2.75, 3.05) is 11.9 Å². The van der Waals surface area contributed by atoms with Gasteiger partial charge in [0.25, 0.3) is 0 Å². The highest BCUT2D eigenvalue weighted by Gasteiger charge is 2.02. The first-order valence-electron chi connectivity index (χ1n) is 6.80. The number of anilines is 1. The smallest absolute Gasteiger partial charge is 0.128 e. The Morgan fingerprint density at radius 1 is 1.32 bits per heavy atom. The normalized spacial score (nSPS) is 10.4. The van der Waals surface area contributed by atoms with Crippen LogP contribution < -0.4 is 10.1 Å². The average molecular weight is 259 g/mol. The molecule has 1 aromatic heterocycles. The van der Waals surface area contributed by atoms with E-state index in [9.17, 15) is 0 Å². The van der Waals surface area contributed by atoms with E-state index in [-0.39, 0.29) is 0 Å². The highest BCUT2D eigenvalue weighted by atomic mass is 16.5. The van der Waals surface area contributed by atoms with Gasteiger partial charge in [-0.25, -0.2) is 4.98 Å². The van der Waals surface area contributed by atoms with Crippen molar-refractivity contribution in [2.24, 2.45) is 0 Å². The van der Waals surface area contributed by atoms with Crippen LogP contribution in [-0.4, -0.2) is 16.2 Å². The summed E-state index contributed by atoms with van der Waals surface area (Å²) in [6.07, 6.45) is 4.99. The molecule has 4 heteroatoms. The van der Waals surface area contributed by atoms with Crippen molar-refractivity contribution in [2.45, 2.75) is 33.4 Å². The third-order valence-corrected chi connectivity index (χ3v) is 2.86. The summed E-state index contributed by atoms with van der Waals surface area (Å²) in [5, 5.41) is 3.38. The lowest BCUT2D eigenvalue weighted by Gasteiger charge is -2.10. The summed E-state index contributed by atoms with van der Waals surface area (Å²) in [6.45, 7) is 6.58. The lowest BCUT2D eigenvalue weighted by Crippen LogP contribution is -2.08. The number of hydrogen-bond donors (Lipinski definition) is 1. The fourth-order valence-electron chi connectivity index (χ4n) is 2.00. The third kappa shape index (κ3) is 3.74. The van der Waals surface area contributed by atoms with Gasteiger partial charge in [-0.1, -0.05) is 13.0 Å². The van der Waals surface area contributed by atoms with E-state index in [4.69, 9.17) is 4.74 Å². The largest absolute Gasteiger partial charge is 0.494 e. The monoisotopic (exact) mass is 259 g/mol. The van der Waals surface area contributed by atoms with E-state index in [1.54, 1.807) is 0 Å². The topological polar surface area (TPSA) is 39.1 Å². The van der Waals surface area contributed by atoms with E-state index < -0.39 is 0 Å². The molecule has 2 aromatic rings. The highest BCUT2D eigenvalue weighted by Crippen LogP contribution is 2.17. The van der Waals surface area contributed by atoms with Crippen LogP contribution in [0.4, 0.5) is 5.69 Å². The standard InChI is InChI=1S/C15H21N3O/c1-3-9-18-10-8-16-15(18)12-17-13-6-5-7-14(11-13)19-4-2/h5-8,10-11,17H,3-4,9,12H2,1-2H3. The first-order chi connectivity index (χ1) is 9.33. The van der Waals surface area contributed by atoms with E-state index in [0.29, 0.717) is 6.61 Å². The summed E-state index contributed by atoms with van der Waals surface area (Å²) >= 11 is 0. The second-order valence-corrected chi connectivity index (χ2v) is 4.35. The van der Waals surface area contributed by atoms with E-state index in [0.717, 1.165) is 36.8 Å². The molecule has 19 heavy (non-hydrogen) atoms. The van der Waals surface area contributed by atoms with Crippen LogP contribution in [0.15, 0.2) is 36.7 Å². The molecule has 0 radical (unpaired) electrons. The predicted octanol–water partition coefficient (Wildman–Crippen LogP) is 3.30. The van der Waals surface area contributed by atoms with Gasteiger partial charge in [-0.3, -0.25) is 0 Å². The molecule has 102 valence electrons. The van der Waals surface area contributed by atoms with Gasteiger partial charge in [0.2, 0.25) is 0 Å². The molecule has 1 aromatic carbocycles. The number of nitrogens with one attached hydrogen (secondary N) is 1. The maximum absolute atomic E-state index is 5.49. The maximum atomic E-state index is 5.49. The molecule has 0 saturated heterocycles. The molecule has 1 heterocycles. The fraction of sp³-hybridized carbons (Fsp3) is 0.400. The maximum Gasteiger partial charge on any atom is 0.128 e. The lowest BCUT2D eigenvalue weighted by molar-refractivity contribution is 0.340. The van der Waals surface area contributed by atoms with Gasteiger partial charge in [-0.2, -0.15) is 0 Å². The van der Waals surface area contributed by atoms with Crippen molar-refractivity contribution in [3.05, 3.63) is 42.5 Å². The molecular weight excluding hydrogens is 238 g/mol. The van der Waals surface area contributed by atoms with Crippen LogP contribution in [0.3, 0.4) is 0 Å². The SMILES string of the molecule is CCCn1ccnc1CNc1cccc(OCC)c1. The van der Waals surface area contributed by atoms with Crippen LogP contribution in [0.2, 0.25) is 0 Å². The predicted molar refractivity (Wildman–Crippen MR) is 77.5 cm³/mol. The zero-order chi connectivity index (χ0) is 13.5. The molecule has 0 aliphatic heterocycles. The Kier molecular flexibility index (Phi) is 4.84. The highest BCUT2D eigenvalue weighted by molar-refractivity contribution is 5.48. The average Bonchev–Trinajstić information content (AvgIpc) is 2.85. The van der Waals surface area contributed by atoms with Crippen LogP contribution in [-0.2, 0) is 13.1 Å². The Labute approximate surface area is 114 Å². The van der Waals surface area contributed by atoms with Crippen LogP contribution >= 0.6 is 0 Å². The van der Waals surface area contributed by atoms with E-state index in [1.165, 1.54) is 0 Å². The second-order valence-electron chi connectivity index (χ2n) is 4.35. The zero-order valence-electron chi connectivity index (χ0n) is 11.6. The Balaban J connectivity index is 1.97. The molecule has 0 unspecified atom stereocenters. The molecule has 1 N–H and O–H groups in total. The first kappa shape index (κ1) is 13.5. The van der Waals surface area contributed by atoms with Crippen LogP contribution in [0, 0.1) is 0 Å². The molecule has 0 amide bonds. The Bertz CT molecular complexity index is 508. The van der Waals surface area contributed by atoms with Gasteiger partial charge >= 0.3 is 0 Å². The van der Waals surface area contributed by atoms with Crippen molar-refractivity contribution in [3.63, 3.8) is 0 Å². The van der Waals surface area contributed by atoms with Gasteiger partial charge in [0.15, 0.2) is 0 Å². The Hall–Kier alpha value is -1.97. The molecule has 4 nitrogen and oxygen atoms in total. The summed E-state index contributed by atoms with van der Waals surface area (Å²) in [5.41, 5.74) is 1.05. The van der Waals surface area contributed by atoms with Gasteiger partial charge in [0.05, 0.1) is 13.2 Å². The summed E-state index contributed by atoms with van der Waals surface area (Å²) in [7, 11) is 0. The van der Waals surface area contributed by atoms with Gasteiger partial charge in [0, 0.05) is 30.7 Å². The number of ether oxygens (including phenoxy) is 1. The van der Waals surface area contributed by atoms with Crippen molar-refractivity contribution in [1.82, 2.24) is 9.55 Å². The van der Waals surface area contributed by atoms with Crippen LogP contribution in [0.25, 0.3) is 0 Å². The zero-order valence-corrected chi connectivity index (χ0v) is 11.6. The molecule has 0 saturated carbocycles. The van der Waals surface area contributed by atoms with E-state index >= 15 is 0 Å². The minimum absolute atomic E-state index is 0.685. The summed E-state index contributed by atoms with van der Waals surface area (Å²) in [6, 6.07) is 8.00. The molecule has 0 aliphatic carbocycles. The summed E-state index contributed by atoms with van der Waals surface area (Å²) in [5.74, 6) is 1.95. The summed E-state index contributed by atoms with van der Waals surface area (Å²) in [4.78, 5) is 4.38. The number of rotatable bonds is 7. The molecular formula is C15H21N3O. The number of nitrogens with zero attached hydrogens (tertiary/aromatic N) is 2. The van der Waals surface area contributed by atoms with Crippen molar-refractivity contribution < 1.29 is 4.74 Å². The van der Waals surface area contributed by atoms with Gasteiger partial charge in [-0.05, 0) is 25.5 Å². The number of imidazole rings is 1. The number of benzene rings is 1. The quantitative estimate of drug-likeness (QED) is 0.829. The molecule has 0 bridgehead atoms. The number of aromatic nitrogens is 2. The number of hydrogen-bond acceptors (Lipinski definition) is 3. The lowest BCUT2D eigenvalue weighted by atomic mass is 10.3. The summed E-state index contributed by atoms with van der Waals surface area (Å²) < 4.78 is 7.66. The van der Waals surface area contributed by atoms with E-state index in [2.05, 4.69) is 21.8 Å². The second kappa shape index (κ2) is 6.83. The van der Waals surface area contributed by atoms with E-state index in [1.807, 2.05) is 43.6 Å². The Morgan fingerprint density at radius 2 is 2.21 bits per heavy atom. The Morgan fingerprint density at radius 3 is 3.00 bits per heavy atom. The molecule has 0 spiro atoms. The van der Waals surface area contributed by atoms with Gasteiger partial charge in [-0.15, -0.1) is 0 Å².